The topological polar surface area (TPSA) is 86.3 Å². The molecule has 0 fully saturated rings. The predicted molar refractivity (Wildman–Crippen MR) is 87.0 cm³/mol. The summed E-state index contributed by atoms with van der Waals surface area (Å²) in [7, 11) is 4.10. The molecule has 0 aliphatic carbocycles. The Morgan fingerprint density at radius 3 is 3.00 bits per heavy atom. The first-order valence-electron chi connectivity index (χ1n) is 7.23. The van der Waals surface area contributed by atoms with Gasteiger partial charge in [-0.15, -0.1) is 0 Å². The first kappa shape index (κ1) is 16.9. The van der Waals surface area contributed by atoms with Gasteiger partial charge in [0.15, 0.2) is 5.82 Å². The fourth-order valence-corrected chi connectivity index (χ4v) is 2.70. The first-order chi connectivity index (χ1) is 10.7. The number of hydrogen-bond donors (Lipinski definition) is 3. The van der Waals surface area contributed by atoms with Crippen molar-refractivity contribution in [3.63, 3.8) is 0 Å². The lowest BCUT2D eigenvalue weighted by Crippen LogP contribution is -2.22. The zero-order valence-corrected chi connectivity index (χ0v) is 13.8. The van der Waals surface area contributed by atoms with E-state index in [9.17, 15) is 0 Å². The van der Waals surface area contributed by atoms with Gasteiger partial charge in [-0.3, -0.25) is 0 Å². The molecule has 3 N–H and O–H groups in total. The molecule has 0 aliphatic heterocycles. The summed E-state index contributed by atoms with van der Waals surface area (Å²) in [6.45, 7) is 2.11. The van der Waals surface area contributed by atoms with Gasteiger partial charge in [0.25, 0.3) is 0 Å². The number of aromatic nitrogens is 3. The van der Waals surface area contributed by atoms with E-state index in [1.807, 2.05) is 14.1 Å². The molecule has 0 bridgehead atoms. The Morgan fingerprint density at radius 2 is 2.36 bits per heavy atom. The van der Waals surface area contributed by atoms with Crippen molar-refractivity contribution in [1.29, 1.82) is 0 Å². The summed E-state index contributed by atoms with van der Waals surface area (Å²) in [5.41, 5.74) is 1.23. The molecule has 2 heterocycles. The Bertz CT molecular complexity index is 529. The van der Waals surface area contributed by atoms with Crippen LogP contribution in [0.15, 0.2) is 16.8 Å². The zero-order chi connectivity index (χ0) is 15.8. The molecule has 2 rings (SSSR count). The molecule has 1 unspecified atom stereocenters. The standard InChI is InChI=1S/C14H23N5O2S/c1-19(2)8-12(11-4-7-22-10-11)21-6-3-5-15-14-16-13(9-20)17-18-14/h4,7,10,12,20H,3,5-6,8-9H2,1-2H3,(H2,15,16,17,18). The minimum Gasteiger partial charge on any atom is -0.388 e. The monoisotopic (exact) mass is 325 g/mol. The molecular formula is C14H23N5O2S. The van der Waals surface area contributed by atoms with Crippen molar-refractivity contribution in [2.45, 2.75) is 19.1 Å². The summed E-state index contributed by atoms with van der Waals surface area (Å²) in [4.78, 5) is 6.20. The van der Waals surface area contributed by atoms with E-state index in [2.05, 4.69) is 42.2 Å². The van der Waals surface area contributed by atoms with Gasteiger partial charge < -0.3 is 20.1 Å². The van der Waals surface area contributed by atoms with Crippen LogP contribution >= 0.6 is 11.3 Å². The predicted octanol–water partition coefficient (Wildman–Crippen LogP) is 1.48. The highest BCUT2D eigenvalue weighted by atomic mass is 32.1. The molecular weight excluding hydrogens is 302 g/mol. The van der Waals surface area contributed by atoms with Gasteiger partial charge in [0, 0.05) is 19.7 Å². The number of aliphatic hydroxyl groups excluding tert-OH is 1. The second kappa shape index (κ2) is 8.84. The van der Waals surface area contributed by atoms with Crippen molar-refractivity contribution in [2.24, 2.45) is 0 Å². The molecule has 0 spiro atoms. The van der Waals surface area contributed by atoms with E-state index in [4.69, 9.17) is 9.84 Å². The molecule has 1 atom stereocenters. The minimum absolute atomic E-state index is 0.104. The van der Waals surface area contributed by atoms with Gasteiger partial charge in [0.05, 0.1) is 6.10 Å². The molecule has 122 valence electrons. The molecule has 0 saturated heterocycles. The fourth-order valence-electron chi connectivity index (χ4n) is 2.00. The lowest BCUT2D eigenvalue weighted by atomic mass is 10.2. The van der Waals surface area contributed by atoms with E-state index in [1.165, 1.54) is 5.56 Å². The zero-order valence-electron chi connectivity index (χ0n) is 13.0. The van der Waals surface area contributed by atoms with Crippen molar-refractivity contribution in [3.05, 3.63) is 28.2 Å². The molecule has 8 heteroatoms. The first-order valence-corrected chi connectivity index (χ1v) is 8.17. The summed E-state index contributed by atoms with van der Waals surface area (Å²) in [6, 6.07) is 2.11. The highest BCUT2D eigenvalue weighted by molar-refractivity contribution is 7.07. The second-order valence-electron chi connectivity index (χ2n) is 5.22. The molecule has 0 aromatic carbocycles. The van der Waals surface area contributed by atoms with Gasteiger partial charge in [-0.25, -0.2) is 5.10 Å². The van der Waals surface area contributed by atoms with Crippen LogP contribution in [0.3, 0.4) is 0 Å². The number of thiophene rings is 1. The maximum absolute atomic E-state index is 8.89. The normalized spacial score (nSPS) is 12.7. The average molecular weight is 325 g/mol. The van der Waals surface area contributed by atoms with Crippen LogP contribution in [-0.4, -0.2) is 59.0 Å². The van der Waals surface area contributed by atoms with Gasteiger partial charge in [-0.1, -0.05) is 0 Å². The molecule has 0 radical (unpaired) electrons. The van der Waals surface area contributed by atoms with E-state index in [1.54, 1.807) is 11.3 Å². The Labute approximate surface area is 134 Å². The summed E-state index contributed by atoms with van der Waals surface area (Å²) in [6.07, 6.45) is 0.968. The second-order valence-corrected chi connectivity index (χ2v) is 6.00. The molecule has 2 aromatic heterocycles. The van der Waals surface area contributed by atoms with Crippen molar-refractivity contribution in [1.82, 2.24) is 20.1 Å². The van der Waals surface area contributed by atoms with Crippen molar-refractivity contribution < 1.29 is 9.84 Å². The summed E-state index contributed by atoms with van der Waals surface area (Å²) < 4.78 is 6.00. The van der Waals surface area contributed by atoms with Crippen LogP contribution in [0.5, 0.6) is 0 Å². The van der Waals surface area contributed by atoms with E-state index < -0.39 is 0 Å². The van der Waals surface area contributed by atoms with Crippen LogP contribution in [0.2, 0.25) is 0 Å². The lowest BCUT2D eigenvalue weighted by Gasteiger charge is -2.21. The van der Waals surface area contributed by atoms with Gasteiger partial charge in [-0.2, -0.15) is 21.4 Å². The molecule has 0 aliphatic rings. The maximum Gasteiger partial charge on any atom is 0.218 e. The van der Waals surface area contributed by atoms with E-state index in [0.29, 0.717) is 18.4 Å². The van der Waals surface area contributed by atoms with Gasteiger partial charge in [0.1, 0.15) is 6.61 Å². The Kier molecular flexibility index (Phi) is 6.78. The summed E-state index contributed by atoms with van der Waals surface area (Å²) in [5.74, 6) is 0.967. The highest BCUT2D eigenvalue weighted by Gasteiger charge is 2.13. The Balaban J connectivity index is 1.69. The number of rotatable bonds is 10. The number of ether oxygens (including phenoxy) is 1. The number of aliphatic hydroxyl groups is 1. The average Bonchev–Trinajstić information content (AvgIpc) is 3.16. The number of likely N-dealkylation sites (N-methyl/N-ethyl adjacent to an activating group) is 1. The van der Waals surface area contributed by atoms with Crippen molar-refractivity contribution >= 4 is 17.3 Å². The van der Waals surface area contributed by atoms with Gasteiger partial charge >= 0.3 is 0 Å². The molecule has 22 heavy (non-hydrogen) atoms. The third kappa shape index (κ3) is 5.38. The van der Waals surface area contributed by atoms with Gasteiger partial charge in [-0.05, 0) is 42.9 Å². The van der Waals surface area contributed by atoms with Crippen LogP contribution in [0.25, 0.3) is 0 Å². The summed E-state index contributed by atoms with van der Waals surface area (Å²) >= 11 is 1.69. The van der Waals surface area contributed by atoms with Crippen LogP contribution in [0.4, 0.5) is 5.95 Å². The Morgan fingerprint density at radius 1 is 1.50 bits per heavy atom. The molecule has 7 nitrogen and oxygen atoms in total. The van der Waals surface area contributed by atoms with E-state index >= 15 is 0 Å². The summed E-state index contributed by atoms with van der Waals surface area (Å²) in [5, 5.41) is 22.8. The highest BCUT2D eigenvalue weighted by Crippen LogP contribution is 2.21. The van der Waals surface area contributed by atoms with Crippen LogP contribution < -0.4 is 5.32 Å². The number of H-pyrrole nitrogens is 1. The Hall–Kier alpha value is -1.48. The van der Waals surface area contributed by atoms with Crippen molar-refractivity contribution in [3.8, 4) is 0 Å². The lowest BCUT2D eigenvalue weighted by molar-refractivity contribution is 0.0350. The minimum atomic E-state index is -0.159. The quantitative estimate of drug-likeness (QED) is 0.574. The number of nitrogens with one attached hydrogen (secondary N) is 2. The maximum atomic E-state index is 8.89. The number of hydrogen-bond acceptors (Lipinski definition) is 7. The third-order valence-corrected chi connectivity index (χ3v) is 3.75. The van der Waals surface area contributed by atoms with Crippen molar-refractivity contribution in [2.75, 3.05) is 39.1 Å². The van der Waals surface area contributed by atoms with Crippen LogP contribution in [0, 0.1) is 0 Å². The number of nitrogens with zero attached hydrogens (tertiary/aromatic N) is 3. The third-order valence-electron chi connectivity index (χ3n) is 3.05. The largest absolute Gasteiger partial charge is 0.388 e. The van der Waals surface area contributed by atoms with E-state index in [-0.39, 0.29) is 12.7 Å². The van der Waals surface area contributed by atoms with Crippen LogP contribution in [-0.2, 0) is 11.3 Å². The molecule has 0 saturated carbocycles. The van der Waals surface area contributed by atoms with E-state index in [0.717, 1.165) is 19.5 Å². The SMILES string of the molecule is CN(C)CC(OCCCNc1nc(CO)n[nH]1)c1ccsc1. The van der Waals surface area contributed by atoms with Gasteiger partial charge in [0.2, 0.25) is 5.95 Å². The number of anilines is 1. The molecule has 0 amide bonds. The van der Waals surface area contributed by atoms with Crippen LogP contribution in [0.1, 0.15) is 23.9 Å². The smallest absolute Gasteiger partial charge is 0.218 e. The fraction of sp³-hybridized carbons (Fsp3) is 0.571. The number of aromatic amines is 1. The molecule has 2 aromatic rings.